The highest BCUT2D eigenvalue weighted by Crippen LogP contribution is 1.98. The van der Waals surface area contributed by atoms with E-state index in [0.717, 1.165) is 12.1 Å². The van der Waals surface area contributed by atoms with Crippen molar-refractivity contribution >= 4 is 5.78 Å². The maximum Gasteiger partial charge on any atom is 0.138 e. The molecule has 0 unspecified atom stereocenters. The smallest absolute Gasteiger partial charge is 0.138 e. The standard InChI is InChI=1S/C8H13N3O/c1-3-4-8(12)5-7-6-11(2)10-9-7/h6H,3-5H2,1-2H3. The van der Waals surface area contributed by atoms with E-state index in [1.165, 1.54) is 0 Å². The summed E-state index contributed by atoms with van der Waals surface area (Å²) in [6.07, 6.45) is 3.73. The number of aryl methyl sites for hydroxylation is 1. The number of ketones is 1. The molecular formula is C8H13N3O. The summed E-state index contributed by atoms with van der Waals surface area (Å²) in [7, 11) is 1.79. The van der Waals surface area contributed by atoms with Gasteiger partial charge in [-0.2, -0.15) is 0 Å². The molecule has 1 rings (SSSR count). The van der Waals surface area contributed by atoms with Crippen molar-refractivity contribution in [2.45, 2.75) is 26.2 Å². The van der Waals surface area contributed by atoms with Crippen molar-refractivity contribution in [3.05, 3.63) is 11.9 Å². The summed E-state index contributed by atoms with van der Waals surface area (Å²) in [5, 5.41) is 7.57. The third kappa shape index (κ3) is 2.45. The van der Waals surface area contributed by atoms with Gasteiger partial charge >= 0.3 is 0 Å². The predicted molar refractivity (Wildman–Crippen MR) is 44.6 cm³/mol. The van der Waals surface area contributed by atoms with Crippen LogP contribution in [0.25, 0.3) is 0 Å². The van der Waals surface area contributed by atoms with Crippen LogP contribution in [0, 0.1) is 0 Å². The first-order valence-corrected chi connectivity index (χ1v) is 4.09. The lowest BCUT2D eigenvalue weighted by molar-refractivity contribution is -0.118. The van der Waals surface area contributed by atoms with Gasteiger partial charge in [-0.15, -0.1) is 5.10 Å². The number of carbonyl (C=O) groups is 1. The van der Waals surface area contributed by atoms with Crippen molar-refractivity contribution in [2.24, 2.45) is 7.05 Å². The lowest BCUT2D eigenvalue weighted by Crippen LogP contribution is -2.01. The molecule has 0 aliphatic carbocycles. The van der Waals surface area contributed by atoms with Gasteiger partial charge in [0.15, 0.2) is 0 Å². The summed E-state index contributed by atoms with van der Waals surface area (Å²) >= 11 is 0. The second kappa shape index (κ2) is 3.99. The first kappa shape index (κ1) is 8.90. The Morgan fingerprint density at radius 1 is 1.67 bits per heavy atom. The fraction of sp³-hybridized carbons (Fsp3) is 0.625. The summed E-state index contributed by atoms with van der Waals surface area (Å²) in [6, 6.07) is 0. The van der Waals surface area contributed by atoms with E-state index in [0.29, 0.717) is 12.8 Å². The van der Waals surface area contributed by atoms with E-state index in [4.69, 9.17) is 0 Å². The Balaban J connectivity index is 2.46. The normalized spacial score (nSPS) is 10.2. The maximum absolute atomic E-state index is 11.1. The molecule has 0 aliphatic heterocycles. The Bertz CT molecular complexity index is 267. The van der Waals surface area contributed by atoms with Crippen LogP contribution >= 0.6 is 0 Å². The Hall–Kier alpha value is -1.19. The van der Waals surface area contributed by atoms with Crippen LogP contribution in [0.1, 0.15) is 25.5 Å². The molecule has 66 valence electrons. The third-order valence-electron chi connectivity index (χ3n) is 1.56. The predicted octanol–water partition coefficient (Wildman–Crippen LogP) is 0.727. The number of hydrogen-bond acceptors (Lipinski definition) is 3. The second-order valence-corrected chi connectivity index (χ2v) is 2.85. The molecule has 1 aromatic rings. The van der Waals surface area contributed by atoms with Gasteiger partial charge in [0.1, 0.15) is 5.78 Å². The molecule has 0 bridgehead atoms. The Kier molecular flexibility index (Phi) is 2.96. The van der Waals surface area contributed by atoms with Crippen molar-refractivity contribution in [1.29, 1.82) is 0 Å². The van der Waals surface area contributed by atoms with Crippen molar-refractivity contribution < 1.29 is 4.79 Å². The van der Waals surface area contributed by atoms with Gasteiger partial charge in [0, 0.05) is 19.7 Å². The zero-order chi connectivity index (χ0) is 8.97. The minimum Gasteiger partial charge on any atom is -0.299 e. The average Bonchev–Trinajstić information content (AvgIpc) is 2.36. The van der Waals surface area contributed by atoms with Gasteiger partial charge in [0.2, 0.25) is 0 Å². The average molecular weight is 167 g/mol. The van der Waals surface area contributed by atoms with Gasteiger partial charge < -0.3 is 0 Å². The molecule has 0 amide bonds. The van der Waals surface area contributed by atoms with Crippen LogP contribution in [0.5, 0.6) is 0 Å². The molecule has 0 aliphatic rings. The van der Waals surface area contributed by atoms with Crippen molar-refractivity contribution in [2.75, 3.05) is 0 Å². The summed E-state index contributed by atoms with van der Waals surface area (Å²) in [5.74, 6) is 0.234. The molecular weight excluding hydrogens is 154 g/mol. The minimum absolute atomic E-state index is 0.234. The van der Waals surface area contributed by atoms with E-state index >= 15 is 0 Å². The molecule has 0 saturated heterocycles. The molecule has 0 N–H and O–H groups in total. The highest BCUT2D eigenvalue weighted by Gasteiger charge is 2.04. The van der Waals surface area contributed by atoms with Gasteiger partial charge in [-0.1, -0.05) is 12.1 Å². The Labute approximate surface area is 71.6 Å². The number of aromatic nitrogens is 3. The number of hydrogen-bond donors (Lipinski definition) is 0. The number of Topliss-reactive ketones (excluding diaryl/α,β-unsaturated/α-hetero) is 1. The largest absolute Gasteiger partial charge is 0.299 e. The van der Waals surface area contributed by atoms with Crippen molar-refractivity contribution in [1.82, 2.24) is 15.0 Å². The number of rotatable bonds is 4. The van der Waals surface area contributed by atoms with Crippen LogP contribution < -0.4 is 0 Å². The van der Waals surface area contributed by atoms with E-state index < -0.39 is 0 Å². The van der Waals surface area contributed by atoms with E-state index in [9.17, 15) is 4.79 Å². The van der Waals surface area contributed by atoms with E-state index in [2.05, 4.69) is 10.3 Å². The summed E-state index contributed by atoms with van der Waals surface area (Å²) in [4.78, 5) is 11.1. The van der Waals surface area contributed by atoms with Crippen LogP contribution in [-0.4, -0.2) is 20.8 Å². The van der Waals surface area contributed by atoms with Crippen molar-refractivity contribution in [3.63, 3.8) is 0 Å². The quantitative estimate of drug-likeness (QED) is 0.664. The molecule has 4 heteroatoms. The van der Waals surface area contributed by atoms with Gasteiger partial charge in [0.25, 0.3) is 0 Å². The summed E-state index contributed by atoms with van der Waals surface area (Å²) < 4.78 is 1.61. The molecule has 0 fully saturated rings. The van der Waals surface area contributed by atoms with Gasteiger partial charge in [-0.25, -0.2) is 0 Å². The maximum atomic E-state index is 11.1. The first-order valence-electron chi connectivity index (χ1n) is 4.09. The monoisotopic (exact) mass is 167 g/mol. The van der Waals surface area contributed by atoms with Gasteiger partial charge in [-0.3, -0.25) is 9.48 Å². The van der Waals surface area contributed by atoms with Crippen molar-refractivity contribution in [3.8, 4) is 0 Å². The third-order valence-corrected chi connectivity index (χ3v) is 1.56. The molecule has 0 radical (unpaired) electrons. The van der Waals surface area contributed by atoms with E-state index in [-0.39, 0.29) is 5.78 Å². The zero-order valence-electron chi connectivity index (χ0n) is 7.45. The highest BCUT2D eigenvalue weighted by molar-refractivity contribution is 5.80. The van der Waals surface area contributed by atoms with E-state index in [1.54, 1.807) is 17.9 Å². The minimum atomic E-state index is 0.234. The molecule has 12 heavy (non-hydrogen) atoms. The zero-order valence-corrected chi connectivity index (χ0v) is 7.45. The van der Waals surface area contributed by atoms with Crippen LogP contribution in [0.3, 0.4) is 0 Å². The topological polar surface area (TPSA) is 47.8 Å². The van der Waals surface area contributed by atoms with Gasteiger partial charge in [0.05, 0.1) is 12.1 Å². The Morgan fingerprint density at radius 2 is 2.42 bits per heavy atom. The second-order valence-electron chi connectivity index (χ2n) is 2.85. The molecule has 1 aromatic heterocycles. The molecule has 1 heterocycles. The molecule has 0 atom stereocenters. The molecule has 0 aromatic carbocycles. The lowest BCUT2D eigenvalue weighted by atomic mass is 10.1. The summed E-state index contributed by atoms with van der Waals surface area (Å²) in [6.45, 7) is 1.99. The molecule has 4 nitrogen and oxygen atoms in total. The van der Waals surface area contributed by atoms with Gasteiger partial charge in [-0.05, 0) is 6.42 Å². The highest BCUT2D eigenvalue weighted by atomic mass is 16.1. The fourth-order valence-electron chi connectivity index (χ4n) is 1.05. The number of carbonyl (C=O) groups excluding carboxylic acids is 1. The lowest BCUT2D eigenvalue weighted by Gasteiger charge is -1.92. The van der Waals surface area contributed by atoms with E-state index in [1.807, 2.05) is 6.92 Å². The number of nitrogens with zero attached hydrogens (tertiary/aromatic N) is 3. The van der Waals surface area contributed by atoms with Crippen LogP contribution in [0.15, 0.2) is 6.20 Å². The Morgan fingerprint density at radius 3 is 2.92 bits per heavy atom. The SMILES string of the molecule is CCCC(=O)Cc1cn(C)nn1. The van der Waals surface area contributed by atoms with Crippen LogP contribution in [-0.2, 0) is 18.3 Å². The fourth-order valence-corrected chi connectivity index (χ4v) is 1.05. The molecule has 0 spiro atoms. The first-order chi connectivity index (χ1) is 5.72. The van der Waals surface area contributed by atoms with Crippen LogP contribution in [0.2, 0.25) is 0 Å². The van der Waals surface area contributed by atoms with Crippen LogP contribution in [0.4, 0.5) is 0 Å². The molecule has 0 saturated carbocycles. The summed E-state index contributed by atoms with van der Waals surface area (Å²) in [5.41, 5.74) is 0.760.